The summed E-state index contributed by atoms with van der Waals surface area (Å²) in [4.78, 5) is 15.7. The largest absolute Gasteiger partial charge is 0.476 e. The molecule has 1 N–H and O–H groups in total. The summed E-state index contributed by atoms with van der Waals surface area (Å²) >= 11 is 6.23. The number of fused-ring (bicyclic) bond motifs is 1. The highest BCUT2D eigenvalue weighted by Crippen LogP contribution is 2.29. The van der Waals surface area contributed by atoms with Crippen molar-refractivity contribution in [1.29, 1.82) is 0 Å². The van der Waals surface area contributed by atoms with E-state index in [1.807, 2.05) is 30.3 Å². The summed E-state index contributed by atoms with van der Waals surface area (Å²) in [6, 6.07) is 14.6. The number of aromatic nitrogens is 3. The molecule has 0 aliphatic carbocycles. The van der Waals surface area contributed by atoms with Crippen molar-refractivity contribution in [3.8, 4) is 11.5 Å². The van der Waals surface area contributed by atoms with Gasteiger partial charge in [-0.15, -0.1) is 0 Å². The Hall–Kier alpha value is -3.12. The number of carboxylic acid groups (broad SMARTS) is 1. The average molecular weight is 368 g/mol. The topological polar surface area (TPSA) is 81.1 Å². The zero-order chi connectivity index (χ0) is 18.3. The maximum atomic E-state index is 11.1. The van der Waals surface area contributed by atoms with Gasteiger partial charge in [0.2, 0.25) is 5.89 Å². The summed E-state index contributed by atoms with van der Waals surface area (Å²) in [5, 5.41) is 13.8. The average Bonchev–Trinajstić information content (AvgIpc) is 3.20. The molecule has 4 rings (SSSR count). The number of halogens is 1. The Kier molecular flexibility index (Phi) is 3.97. The minimum atomic E-state index is -1.06. The molecule has 7 heteroatoms. The molecule has 130 valence electrons. The monoisotopic (exact) mass is 367 g/mol. The van der Waals surface area contributed by atoms with Crippen LogP contribution in [-0.2, 0) is 6.54 Å². The van der Waals surface area contributed by atoms with Crippen LogP contribution in [0.4, 0.5) is 0 Å². The van der Waals surface area contributed by atoms with Gasteiger partial charge in [-0.05, 0) is 31.2 Å². The SMILES string of the molecule is Cc1cc(C(=O)O)nn1Cc1cc(Cl)cc2oc(-c3ccccc3)nc12. The zero-order valence-corrected chi connectivity index (χ0v) is 14.6. The molecule has 0 amide bonds. The Morgan fingerprint density at radius 1 is 1.23 bits per heavy atom. The van der Waals surface area contributed by atoms with Crippen molar-refractivity contribution in [2.24, 2.45) is 0 Å². The van der Waals surface area contributed by atoms with E-state index >= 15 is 0 Å². The molecule has 2 aromatic carbocycles. The molecule has 0 unspecified atom stereocenters. The second-order valence-corrected chi connectivity index (χ2v) is 6.37. The Labute approximate surface area is 153 Å². The molecular formula is C19H14ClN3O3. The molecule has 0 aliphatic rings. The van der Waals surface area contributed by atoms with Crippen LogP contribution in [0.2, 0.25) is 5.02 Å². The molecule has 2 heterocycles. The molecule has 2 aromatic heterocycles. The van der Waals surface area contributed by atoms with Crippen molar-refractivity contribution in [3.63, 3.8) is 0 Å². The second-order valence-electron chi connectivity index (χ2n) is 5.93. The zero-order valence-electron chi connectivity index (χ0n) is 13.8. The predicted octanol–water partition coefficient (Wildman–Crippen LogP) is 4.40. The summed E-state index contributed by atoms with van der Waals surface area (Å²) in [6.45, 7) is 2.15. The smallest absolute Gasteiger partial charge is 0.356 e. The predicted molar refractivity (Wildman–Crippen MR) is 97.5 cm³/mol. The number of carbonyl (C=O) groups is 1. The highest BCUT2D eigenvalue weighted by Gasteiger charge is 2.16. The van der Waals surface area contributed by atoms with E-state index in [1.54, 1.807) is 23.7 Å². The van der Waals surface area contributed by atoms with Crippen molar-refractivity contribution in [1.82, 2.24) is 14.8 Å². The fraction of sp³-hybridized carbons (Fsp3) is 0.105. The van der Waals surface area contributed by atoms with E-state index in [4.69, 9.17) is 21.1 Å². The van der Waals surface area contributed by atoms with Crippen molar-refractivity contribution < 1.29 is 14.3 Å². The molecular weight excluding hydrogens is 354 g/mol. The second kappa shape index (κ2) is 6.31. The van der Waals surface area contributed by atoms with Gasteiger partial charge >= 0.3 is 5.97 Å². The van der Waals surface area contributed by atoms with Gasteiger partial charge in [-0.1, -0.05) is 29.8 Å². The summed E-state index contributed by atoms with van der Waals surface area (Å²) < 4.78 is 7.48. The van der Waals surface area contributed by atoms with Crippen LogP contribution in [0, 0.1) is 6.92 Å². The Bertz CT molecular complexity index is 1120. The third kappa shape index (κ3) is 2.95. The van der Waals surface area contributed by atoms with Crippen LogP contribution in [0.1, 0.15) is 21.7 Å². The first-order valence-electron chi connectivity index (χ1n) is 7.93. The standard InChI is InChI=1S/C19H14ClN3O3/c1-11-7-15(19(24)25)22-23(11)10-13-8-14(20)9-16-17(13)21-18(26-16)12-5-3-2-4-6-12/h2-9H,10H2,1H3,(H,24,25). The number of carboxylic acids is 1. The van der Waals surface area contributed by atoms with E-state index in [0.29, 0.717) is 28.6 Å². The number of hydrogen-bond donors (Lipinski definition) is 1. The lowest BCUT2D eigenvalue weighted by Gasteiger charge is -2.05. The fourth-order valence-electron chi connectivity index (χ4n) is 2.82. The first kappa shape index (κ1) is 16.4. The van der Waals surface area contributed by atoms with Gasteiger partial charge in [0.05, 0.1) is 6.54 Å². The number of hydrogen-bond acceptors (Lipinski definition) is 4. The lowest BCUT2D eigenvalue weighted by molar-refractivity contribution is 0.0689. The number of oxazole rings is 1. The molecule has 0 spiro atoms. The number of aromatic carboxylic acids is 1. The van der Waals surface area contributed by atoms with Gasteiger partial charge in [0.15, 0.2) is 11.3 Å². The number of rotatable bonds is 4. The van der Waals surface area contributed by atoms with Crippen LogP contribution in [0.25, 0.3) is 22.6 Å². The Morgan fingerprint density at radius 3 is 2.69 bits per heavy atom. The van der Waals surface area contributed by atoms with Crippen molar-refractivity contribution in [2.45, 2.75) is 13.5 Å². The molecule has 0 saturated heterocycles. The van der Waals surface area contributed by atoms with E-state index < -0.39 is 5.97 Å². The van der Waals surface area contributed by atoms with Gasteiger partial charge in [0.25, 0.3) is 0 Å². The molecule has 0 atom stereocenters. The molecule has 0 bridgehead atoms. The van der Waals surface area contributed by atoms with Crippen LogP contribution in [0.3, 0.4) is 0 Å². The molecule has 0 saturated carbocycles. The Morgan fingerprint density at radius 2 is 2.00 bits per heavy atom. The van der Waals surface area contributed by atoms with Gasteiger partial charge in [-0.25, -0.2) is 9.78 Å². The first-order chi connectivity index (χ1) is 12.5. The lowest BCUT2D eigenvalue weighted by atomic mass is 10.2. The van der Waals surface area contributed by atoms with Crippen LogP contribution in [-0.4, -0.2) is 25.8 Å². The third-order valence-electron chi connectivity index (χ3n) is 4.08. The molecule has 26 heavy (non-hydrogen) atoms. The van der Waals surface area contributed by atoms with E-state index in [2.05, 4.69) is 10.1 Å². The van der Waals surface area contributed by atoms with Gasteiger partial charge in [0.1, 0.15) is 5.52 Å². The van der Waals surface area contributed by atoms with Crippen LogP contribution < -0.4 is 0 Å². The van der Waals surface area contributed by atoms with E-state index in [0.717, 1.165) is 16.8 Å². The van der Waals surface area contributed by atoms with Crippen LogP contribution in [0.5, 0.6) is 0 Å². The number of benzene rings is 2. The van der Waals surface area contributed by atoms with Gasteiger partial charge in [-0.3, -0.25) is 4.68 Å². The summed E-state index contributed by atoms with van der Waals surface area (Å²) in [5.74, 6) is -0.552. The minimum absolute atomic E-state index is 0.00546. The number of nitrogens with zero attached hydrogens (tertiary/aromatic N) is 3. The summed E-state index contributed by atoms with van der Waals surface area (Å²) in [6.07, 6.45) is 0. The maximum absolute atomic E-state index is 11.1. The fourth-order valence-corrected chi connectivity index (χ4v) is 3.05. The van der Waals surface area contributed by atoms with Gasteiger partial charge in [-0.2, -0.15) is 5.10 Å². The Balaban J connectivity index is 1.80. The highest BCUT2D eigenvalue weighted by molar-refractivity contribution is 6.31. The van der Waals surface area contributed by atoms with E-state index in [1.165, 1.54) is 6.07 Å². The molecule has 4 aromatic rings. The third-order valence-corrected chi connectivity index (χ3v) is 4.30. The van der Waals surface area contributed by atoms with Crippen molar-refractivity contribution >= 4 is 28.7 Å². The lowest BCUT2D eigenvalue weighted by Crippen LogP contribution is -2.06. The maximum Gasteiger partial charge on any atom is 0.356 e. The first-order valence-corrected chi connectivity index (χ1v) is 8.31. The van der Waals surface area contributed by atoms with Crippen LogP contribution in [0.15, 0.2) is 52.9 Å². The molecule has 6 nitrogen and oxygen atoms in total. The number of aryl methyl sites for hydroxylation is 1. The quantitative estimate of drug-likeness (QED) is 0.578. The molecule has 0 aliphatic heterocycles. The van der Waals surface area contributed by atoms with Crippen molar-refractivity contribution in [2.75, 3.05) is 0 Å². The van der Waals surface area contributed by atoms with Crippen LogP contribution >= 0.6 is 11.6 Å². The van der Waals surface area contributed by atoms with Crippen molar-refractivity contribution in [3.05, 3.63) is 70.5 Å². The minimum Gasteiger partial charge on any atom is -0.476 e. The van der Waals surface area contributed by atoms with Gasteiger partial charge < -0.3 is 9.52 Å². The summed E-state index contributed by atoms with van der Waals surface area (Å²) in [5.41, 5.74) is 3.68. The normalized spacial score (nSPS) is 11.2. The summed E-state index contributed by atoms with van der Waals surface area (Å²) in [7, 11) is 0. The van der Waals surface area contributed by atoms with E-state index in [-0.39, 0.29) is 5.69 Å². The highest BCUT2D eigenvalue weighted by atomic mass is 35.5. The van der Waals surface area contributed by atoms with E-state index in [9.17, 15) is 4.79 Å². The molecule has 0 fully saturated rings. The molecule has 0 radical (unpaired) electrons. The van der Waals surface area contributed by atoms with Gasteiger partial charge in [0, 0.05) is 27.9 Å².